The van der Waals surface area contributed by atoms with Crippen LogP contribution in [0.4, 0.5) is 0 Å². The van der Waals surface area contributed by atoms with Gasteiger partial charge in [0.2, 0.25) is 0 Å². The molecular weight excluding hydrogens is 252 g/mol. The second-order valence-corrected chi connectivity index (χ2v) is 4.25. The molecule has 1 N–H and O–H groups in total. The fraction of sp³-hybridized carbons (Fsp3) is 0.615. The minimum Gasteiger partial charge on any atom is -0.481 e. The molecule has 6 heteroatoms. The second kappa shape index (κ2) is 9.13. The van der Waals surface area contributed by atoms with Gasteiger partial charge in [0.05, 0.1) is 25.6 Å². The number of carboxylic acids is 1. The number of hydrogen-bond acceptors (Lipinski definition) is 5. The van der Waals surface area contributed by atoms with Crippen molar-refractivity contribution in [3.05, 3.63) is 12.2 Å². The van der Waals surface area contributed by atoms with E-state index in [0.29, 0.717) is 18.4 Å². The van der Waals surface area contributed by atoms with Gasteiger partial charge in [0.15, 0.2) is 0 Å². The molecule has 1 unspecified atom stereocenters. The van der Waals surface area contributed by atoms with Crippen LogP contribution < -0.4 is 0 Å². The van der Waals surface area contributed by atoms with E-state index in [-0.39, 0.29) is 25.6 Å². The third-order valence-electron chi connectivity index (χ3n) is 2.22. The van der Waals surface area contributed by atoms with Gasteiger partial charge >= 0.3 is 17.9 Å². The average molecular weight is 272 g/mol. The van der Waals surface area contributed by atoms with E-state index in [1.165, 1.54) is 0 Å². The molecule has 19 heavy (non-hydrogen) atoms. The summed E-state index contributed by atoms with van der Waals surface area (Å²) in [6.07, 6.45) is 0.470. The van der Waals surface area contributed by atoms with Crippen LogP contribution in [0.15, 0.2) is 12.2 Å². The molecule has 0 radical (unpaired) electrons. The number of carbonyl (C=O) groups is 3. The minimum absolute atomic E-state index is 0.129. The normalized spacial score (nSPS) is 11.5. The Morgan fingerprint density at radius 3 is 2.42 bits per heavy atom. The zero-order chi connectivity index (χ0) is 14.8. The van der Waals surface area contributed by atoms with Crippen molar-refractivity contribution in [1.29, 1.82) is 0 Å². The summed E-state index contributed by atoms with van der Waals surface area (Å²) in [5.74, 6) is -2.00. The number of carboxylic acid groups (broad SMARTS) is 1. The maximum absolute atomic E-state index is 11.2. The first-order chi connectivity index (χ1) is 8.82. The van der Waals surface area contributed by atoms with Crippen molar-refractivity contribution in [2.45, 2.75) is 45.6 Å². The van der Waals surface area contributed by atoms with Crippen LogP contribution in [0.5, 0.6) is 0 Å². The Kier molecular flexibility index (Phi) is 8.24. The summed E-state index contributed by atoms with van der Waals surface area (Å²) in [7, 11) is 0. The van der Waals surface area contributed by atoms with Crippen LogP contribution in [0, 0.1) is 0 Å². The lowest BCUT2D eigenvalue weighted by molar-refractivity contribution is -0.148. The van der Waals surface area contributed by atoms with Gasteiger partial charge in [-0.2, -0.15) is 0 Å². The fourth-order valence-electron chi connectivity index (χ4n) is 1.18. The lowest BCUT2D eigenvalue weighted by atomic mass is 10.2. The summed E-state index contributed by atoms with van der Waals surface area (Å²) in [5.41, 5.74) is 0.340. The molecule has 0 spiro atoms. The number of esters is 2. The Balaban J connectivity index is 3.63. The Morgan fingerprint density at radius 2 is 1.89 bits per heavy atom. The van der Waals surface area contributed by atoms with E-state index in [4.69, 9.17) is 14.6 Å². The van der Waals surface area contributed by atoms with Crippen molar-refractivity contribution in [1.82, 2.24) is 0 Å². The largest absolute Gasteiger partial charge is 0.481 e. The van der Waals surface area contributed by atoms with Gasteiger partial charge in [-0.05, 0) is 26.7 Å². The molecule has 0 aliphatic carbocycles. The quantitative estimate of drug-likeness (QED) is 0.390. The smallest absolute Gasteiger partial charge is 0.333 e. The van der Waals surface area contributed by atoms with Gasteiger partial charge in [0.25, 0.3) is 0 Å². The summed E-state index contributed by atoms with van der Waals surface area (Å²) >= 11 is 0. The molecule has 0 bridgehead atoms. The van der Waals surface area contributed by atoms with Gasteiger partial charge in [0, 0.05) is 5.57 Å². The van der Waals surface area contributed by atoms with Gasteiger partial charge in [0.1, 0.15) is 0 Å². The Hall–Kier alpha value is -1.85. The van der Waals surface area contributed by atoms with Crippen LogP contribution in [0.1, 0.15) is 39.5 Å². The summed E-state index contributed by atoms with van der Waals surface area (Å²) < 4.78 is 9.88. The minimum atomic E-state index is -1.03. The van der Waals surface area contributed by atoms with Crippen LogP contribution in [0.2, 0.25) is 0 Å². The fourth-order valence-corrected chi connectivity index (χ4v) is 1.18. The molecule has 0 aromatic rings. The topological polar surface area (TPSA) is 89.9 Å². The summed E-state index contributed by atoms with van der Waals surface area (Å²) in [6, 6.07) is 0. The lowest BCUT2D eigenvalue weighted by Crippen LogP contribution is -2.16. The van der Waals surface area contributed by atoms with Gasteiger partial charge in [-0.15, -0.1) is 0 Å². The van der Waals surface area contributed by atoms with E-state index in [2.05, 4.69) is 6.58 Å². The monoisotopic (exact) mass is 272 g/mol. The number of ether oxygens (including phenoxy) is 2. The predicted octanol–water partition coefficient (Wildman–Crippen LogP) is 1.68. The van der Waals surface area contributed by atoms with Crippen molar-refractivity contribution in [2.75, 3.05) is 6.61 Å². The molecular formula is C13H20O6. The molecule has 0 saturated carbocycles. The average Bonchev–Trinajstić information content (AvgIpc) is 2.31. The zero-order valence-corrected chi connectivity index (χ0v) is 11.3. The lowest BCUT2D eigenvalue weighted by Gasteiger charge is -2.13. The van der Waals surface area contributed by atoms with E-state index < -0.39 is 17.9 Å². The second-order valence-electron chi connectivity index (χ2n) is 4.25. The maximum Gasteiger partial charge on any atom is 0.333 e. The molecule has 6 nitrogen and oxygen atoms in total. The standard InChI is InChI=1S/C13H20O6/c1-9(2)13(17)19-10(3)5-4-8-18-12(16)7-6-11(14)15/h10H,1,4-8H2,2-3H3,(H,14,15). The highest BCUT2D eigenvalue weighted by atomic mass is 16.5. The summed E-state index contributed by atoms with van der Waals surface area (Å²) in [6.45, 7) is 6.97. The molecule has 0 rings (SSSR count). The third-order valence-corrected chi connectivity index (χ3v) is 2.22. The molecule has 0 heterocycles. The van der Waals surface area contributed by atoms with E-state index in [1.54, 1.807) is 13.8 Å². The molecule has 108 valence electrons. The van der Waals surface area contributed by atoms with Crippen LogP contribution in [-0.2, 0) is 23.9 Å². The zero-order valence-electron chi connectivity index (χ0n) is 11.3. The Labute approximate surface area is 112 Å². The molecule has 0 aliphatic rings. The van der Waals surface area contributed by atoms with Crippen molar-refractivity contribution < 1.29 is 29.0 Å². The van der Waals surface area contributed by atoms with E-state index >= 15 is 0 Å². The predicted molar refractivity (Wildman–Crippen MR) is 67.4 cm³/mol. The summed E-state index contributed by atoms with van der Waals surface area (Å²) in [5, 5.41) is 8.37. The van der Waals surface area contributed by atoms with Gasteiger partial charge in [-0.1, -0.05) is 6.58 Å². The molecule has 0 amide bonds. The first-order valence-corrected chi connectivity index (χ1v) is 6.06. The highest BCUT2D eigenvalue weighted by molar-refractivity contribution is 5.87. The van der Waals surface area contributed by atoms with Crippen molar-refractivity contribution in [2.24, 2.45) is 0 Å². The SMILES string of the molecule is C=C(C)C(=O)OC(C)CCCOC(=O)CCC(=O)O. The maximum atomic E-state index is 11.2. The highest BCUT2D eigenvalue weighted by Crippen LogP contribution is 2.05. The first-order valence-electron chi connectivity index (χ1n) is 6.06. The van der Waals surface area contributed by atoms with Crippen LogP contribution in [0.25, 0.3) is 0 Å². The van der Waals surface area contributed by atoms with Crippen molar-refractivity contribution >= 4 is 17.9 Å². The number of carbonyl (C=O) groups excluding carboxylic acids is 2. The first kappa shape index (κ1) is 17.2. The molecule has 0 aromatic carbocycles. The van der Waals surface area contributed by atoms with Crippen LogP contribution >= 0.6 is 0 Å². The number of aliphatic carboxylic acids is 1. The van der Waals surface area contributed by atoms with Gasteiger partial charge in [-0.25, -0.2) is 4.79 Å². The van der Waals surface area contributed by atoms with Gasteiger partial charge in [-0.3, -0.25) is 9.59 Å². The van der Waals surface area contributed by atoms with E-state index in [1.807, 2.05) is 0 Å². The van der Waals surface area contributed by atoms with E-state index in [9.17, 15) is 14.4 Å². The van der Waals surface area contributed by atoms with Gasteiger partial charge < -0.3 is 14.6 Å². The van der Waals surface area contributed by atoms with E-state index in [0.717, 1.165) is 0 Å². The number of hydrogen-bond donors (Lipinski definition) is 1. The molecule has 0 aromatic heterocycles. The molecule has 0 aliphatic heterocycles. The van der Waals surface area contributed by atoms with Crippen molar-refractivity contribution in [3.8, 4) is 0 Å². The molecule has 0 saturated heterocycles. The Morgan fingerprint density at radius 1 is 1.26 bits per heavy atom. The number of rotatable bonds is 9. The molecule has 0 fully saturated rings. The third kappa shape index (κ3) is 9.82. The molecule has 1 atom stereocenters. The Bertz CT molecular complexity index is 347. The van der Waals surface area contributed by atoms with Crippen LogP contribution in [0.3, 0.4) is 0 Å². The van der Waals surface area contributed by atoms with Crippen LogP contribution in [-0.4, -0.2) is 35.7 Å². The van der Waals surface area contributed by atoms with Crippen molar-refractivity contribution in [3.63, 3.8) is 0 Å². The highest BCUT2D eigenvalue weighted by Gasteiger charge is 2.10. The summed E-state index contributed by atoms with van der Waals surface area (Å²) in [4.78, 5) is 32.5.